The highest BCUT2D eigenvalue weighted by atomic mass is 32.2. The van der Waals surface area contributed by atoms with E-state index in [-0.39, 0.29) is 5.56 Å². The molecule has 0 bridgehead atoms. The lowest BCUT2D eigenvalue weighted by atomic mass is 9.88. The Morgan fingerprint density at radius 2 is 2.26 bits per heavy atom. The minimum Gasteiger partial charge on any atom is -0.380 e. The molecule has 1 aliphatic heterocycles. The zero-order valence-corrected chi connectivity index (χ0v) is 12.9. The number of aryl methyl sites for hydroxylation is 1. The molecule has 1 aliphatic rings. The number of thioether (sulfide) groups is 1. The Labute approximate surface area is 119 Å². The van der Waals surface area contributed by atoms with Gasteiger partial charge in [0.15, 0.2) is 0 Å². The van der Waals surface area contributed by atoms with Crippen molar-refractivity contribution >= 4 is 17.4 Å². The number of pyridine rings is 1. The summed E-state index contributed by atoms with van der Waals surface area (Å²) in [5, 5.41) is 3.58. The van der Waals surface area contributed by atoms with Crippen molar-refractivity contribution in [2.75, 3.05) is 16.8 Å². The monoisotopic (exact) mass is 280 g/mol. The standard InChI is InChI=1S/C15H24N2OS/c1-4-7-17-9-12(5-6-14(17)18)16-13-8-15(2,3)11-19-10-13/h5-6,9,13,16H,4,7-8,10-11H2,1-3H3. The van der Waals surface area contributed by atoms with Gasteiger partial charge in [-0.2, -0.15) is 11.8 Å². The molecule has 106 valence electrons. The Balaban J connectivity index is 2.06. The maximum absolute atomic E-state index is 11.7. The van der Waals surface area contributed by atoms with Gasteiger partial charge >= 0.3 is 0 Å². The average Bonchev–Trinajstić information content (AvgIpc) is 2.32. The lowest BCUT2D eigenvalue weighted by molar-refractivity contribution is 0.358. The molecule has 0 radical (unpaired) electrons. The van der Waals surface area contributed by atoms with Gasteiger partial charge in [0.05, 0.1) is 5.69 Å². The van der Waals surface area contributed by atoms with Gasteiger partial charge in [-0.05, 0) is 30.1 Å². The molecule has 19 heavy (non-hydrogen) atoms. The number of nitrogens with one attached hydrogen (secondary N) is 1. The molecule has 1 atom stereocenters. The van der Waals surface area contributed by atoms with Crippen LogP contribution in [0.25, 0.3) is 0 Å². The van der Waals surface area contributed by atoms with Crippen LogP contribution in [0.2, 0.25) is 0 Å². The second-order valence-electron chi connectivity index (χ2n) is 6.17. The highest BCUT2D eigenvalue weighted by Crippen LogP contribution is 2.34. The largest absolute Gasteiger partial charge is 0.380 e. The van der Waals surface area contributed by atoms with Gasteiger partial charge in [-0.1, -0.05) is 20.8 Å². The van der Waals surface area contributed by atoms with Gasteiger partial charge in [-0.15, -0.1) is 0 Å². The van der Waals surface area contributed by atoms with E-state index in [9.17, 15) is 4.79 Å². The predicted molar refractivity (Wildman–Crippen MR) is 84.1 cm³/mol. The highest BCUT2D eigenvalue weighted by Gasteiger charge is 2.28. The van der Waals surface area contributed by atoms with Gasteiger partial charge in [0.25, 0.3) is 5.56 Å². The predicted octanol–water partition coefficient (Wildman–Crippen LogP) is 3.20. The van der Waals surface area contributed by atoms with Crippen LogP contribution in [0.5, 0.6) is 0 Å². The molecule has 2 rings (SSSR count). The molecule has 2 heterocycles. The van der Waals surface area contributed by atoms with Crippen LogP contribution in [0.1, 0.15) is 33.6 Å². The van der Waals surface area contributed by atoms with Gasteiger partial charge in [0, 0.05) is 30.6 Å². The smallest absolute Gasteiger partial charge is 0.250 e. The first-order valence-corrected chi connectivity index (χ1v) is 8.20. The van der Waals surface area contributed by atoms with Crippen molar-refractivity contribution in [2.24, 2.45) is 5.41 Å². The fourth-order valence-electron chi connectivity index (χ4n) is 2.62. The molecule has 0 aromatic carbocycles. The Morgan fingerprint density at radius 3 is 2.95 bits per heavy atom. The summed E-state index contributed by atoms with van der Waals surface area (Å²) < 4.78 is 1.80. The number of hydrogen-bond acceptors (Lipinski definition) is 3. The molecule has 1 fully saturated rings. The van der Waals surface area contributed by atoms with Crippen LogP contribution in [0.3, 0.4) is 0 Å². The van der Waals surface area contributed by atoms with Crippen molar-refractivity contribution in [1.29, 1.82) is 0 Å². The maximum atomic E-state index is 11.7. The molecule has 1 N–H and O–H groups in total. The van der Waals surface area contributed by atoms with E-state index in [0.29, 0.717) is 11.5 Å². The van der Waals surface area contributed by atoms with E-state index >= 15 is 0 Å². The summed E-state index contributed by atoms with van der Waals surface area (Å²) >= 11 is 2.02. The molecular weight excluding hydrogens is 256 g/mol. The third-order valence-electron chi connectivity index (χ3n) is 3.43. The number of anilines is 1. The first-order chi connectivity index (χ1) is 9.00. The van der Waals surface area contributed by atoms with Gasteiger partial charge in [-0.3, -0.25) is 4.79 Å². The van der Waals surface area contributed by atoms with E-state index < -0.39 is 0 Å². The summed E-state index contributed by atoms with van der Waals surface area (Å²) in [6.45, 7) is 7.53. The van der Waals surface area contributed by atoms with Gasteiger partial charge in [-0.25, -0.2) is 0 Å². The van der Waals surface area contributed by atoms with Crippen molar-refractivity contribution in [3.8, 4) is 0 Å². The zero-order valence-electron chi connectivity index (χ0n) is 12.1. The Bertz CT molecular complexity index is 481. The number of nitrogens with zero attached hydrogens (tertiary/aromatic N) is 1. The molecule has 1 saturated heterocycles. The second-order valence-corrected chi connectivity index (χ2v) is 7.20. The van der Waals surface area contributed by atoms with E-state index in [0.717, 1.165) is 24.4 Å². The Morgan fingerprint density at radius 1 is 1.47 bits per heavy atom. The average molecular weight is 280 g/mol. The van der Waals surface area contributed by atoms with Crippen molar-refractivity contribution in [2.45, 2.75) is 46.2 Å². The van der Waals surface area contributed by atoms with Crippen molar-refractivity contribution < 1.29 is 0 Å². The third kappa shape index (κ3) is 4.03. The summed E-state index contributed by atoms with van der Waals surface area (Å²) in [7, 11) is 0. The van der Waals surface area contributed by atoms with Crippen LogP contribution in [-0.2, 0) is 6.54 Å². The fourth-order valence-corrected chi connectivity index (χ4v) is 3.90. The van der Waals surface area contributed by atoms with Crippen LogP contribution >= 0.6 is 11.8 Å². The Kier molecular flexibility index (Phi) is 4.61. The molecule has 0 saturated carbocycles. The normalized spacial score (nSPS) is 22.2. The molecule has 4 heteroatoms. The molecular formula is C15H24N2OS. The summed E-state index contributed by atoms with van der Waals surface area (Å²) in [6, 6.07) is 4.07. The fraction of sp³-hybridized carbons (Fsp3) is 0.667. The second kappa shape index (κ2) is 6.04. The lowest BCUT2D eigenvalue weighted by Gasteiger charge is -2.35. The van der Waals surface area contributed by atoms with Gasteiger partial charge in [0.1, 0.15) is 0 Å². The number of hydrogen-bond donors (Lipinski definition) is 1. The van der Waals surface area contributed by atoms with Crippen LogP contribution in [0.4, 0.5) is 5.69 Å². The first-order valence-electron chi connectivity index (χ1n) is 7.05. The number of aromatic nitrogens is 1. The molecule has 0 aliphatic carbocycles. The van der Waals surface area contributed by atoms with E-state index in [1.165, 1.54) is 12.2 Å². The quantitative estimate of drug-likeness (QED) is 0.919. The summed E-state index contributed by atoms with van der Waals surface area (Å²) in [5.74, 6) is 2.39. The SMILES string of the molecule is CCCn1cc(NC2CSCC(C)(C)C2)ccc1=O. The molecule has 0 spiro atoms. The molecule has 1 aromatic heterocycles. The van der Waals surface area contributed by atoms with Crippen LogP contribution in [0, 0.1) is 5.41 Å². The van der Waals surface area contributed by atoms with Gasteiger partial charge < -0.3 is 9.88 Å². The van der Waals surface area contributed by atoms with E-state index in [1.807, 2.05) is 24.0 Å². The van der Waals surface area contributed by atoms with E-state index in [1.54, 1.807) is 10.6 Å². The molecule has 1 aromatic rings. The highest BCUT2D eigenvalue weighted by molar-refractivity contribution is 7.99. The van der Waals surface area contributed by atoms with Crippen LogP contribution < -0.4 is 10.9 Å². The zero-order chi connectivity index (χ0) is 13.9. The molecule has 3 nitrogen and oxygen atoms in total. The minimum atomic E-state index is 0.0887. The van der Waals surface area contributed by atoms with Crippen molar-refractivity contribution in [1.82, 2.24) is 4.57 Å². The summed E-state index contributed by atoms with van der Waals surface area (Å²) in [4.78, 5) is 11.7. The van der Waals surface area contributed by atoms with Crippen LogP contribution in [-0.4, -0.2) is 22.1 Å². The van der Waals surface area contributed by atoms with E-state index in [2.05, 4.69) is 26.1 Å². The van der Waals surface area contributed by atoms with E-state index in [4.69, 9.17) is 0 Å². The van der Waals surface area contributed by atoms with Gasteiger partial charge in [0.2, 0.25) is 0 Å². The minimum absolute atomic E-state index is 0.0887. The summed E-state index contributed by atoms with van der Waals surface area (Å²) in [6.07, 6.45) is 4.13. The Hall–Kier alpha value is -0.900. The van der Waals surface area contributed by atoms with Crippen LogP contribution in [0.15, 0.2) is 23.1 Å². The first kappa shape index (κ1) is 14.5. The summed E-state index contributed by atoms with van der Waals surface area (Å²) in [5.41, 5.74) is 1.56. The van der Waals surface area contributed by atoms with Crippen molar-refractivity contribution in [3.63, 3.8) is 0 Å². The number of rotatable bonds is 4. The maximum Gasteiger partial charge on any atom is 0.250 e. The third-order valence-corrected chi connectivity index (χ3v) is 5.05. The lowest BCUT2D eigenvalue weighted by Crippen LogP contribution is -2.35. The van der Waals surface area contributed by atoms with Crippen molar-refractivity contribution in [3.05, 3.63) is 28.7 Å². The topological polar surface area (TPSA) is 34.0 Å². The molecule has 1 unspecified atom stereocenters. The molecule has 0 amide bonds.